The third-order valence-electron chi connectivity index (χ3n) is 7.04. The maximum atomic E-state index is 13.3. The number of likely N-dealkylation sites (tertiary alicyclic amines) is 2. The summed E-state index contributed by atoms with van der Waals surface area (Å²) in [4.78, 5) is 52.6. The molecule has 3 amide bonds. The molecule has 11 nitrogen and oxygen atoms in total. The molecule has 2 heterocycles. The van der Waals surface area contributed by atoms with Gasteiger partial charge in [-0.25, -0.2) is 9.59 Å². The average molecular weight is 497 g/mol. The van der Waals surface area contributed by atoms with Gasteiger partial charge < -0.3 is 24.6 Å². The molecular formula is C25H28N4O7. The summed E-state index contributed by atoms with van der Waals surface area (Å²) < 4.78 is 10.0. The number of carbonyl (C=O) groups is 3. The van der Waals surface area contributed by atoms with Gasteiger partial charge in [0.1, 0.15) is 11.3 Å². The number of anilines is 1. The maximum absolute atomic E-state index is 13.3. The predicted molar refractivity (Wildman–Crippen MR) is 130 cm³/mol. The first-order chi connectivity index (χ1) is 17.3. The second-order valence-electron chi connectivity index (χ2n) is 9.04. The molecule has 0 radical (unpaired) electrons. The smallest absolute Gasteiger partial charge is 0.345 e. The first kappa shape index (κ1) is 25.0. The van der Waals surface area contributed by atoms with Crippen LogP contribution in [-0.4, -0.2) is 73.0 Å². The lowest BCUT2D eigenvalue weighted by atomic mass is 9.78. The van der Waals surface area contributed by atoms with Crippen molar-refractivity contribution in [3.63, 3.8) is 0 Å². The number of hydrogen-bond donors (Lipinski definition) is 1. The Labute approximate surface area is 208 Å². The predicted octanol–water partition coefficient (Wildman–Crippen LogP) is 3.55. The van der Waals surface area contributed by atoms with E-state index in [1.807, 2.05) is 12.1 Å². The Kier molecular flexibility index (Phi) is 7.09. The van der Waals surface area contributed by atoms with Crippen molar-refractivity contribution >= 4 is 29.3 Å². The Hall–Kier alpha value is -4.15. The Morgan fingerprint density at radius 2 is 1.64 bits per heavy atom. The van der Waals surface area contributed by atoms with Crippen molar-refractivity contribution in [2.24, 2.45) is 5.41 Å². The molecule has 0 atom stereocenters. The second-order valence-corrected chi connectivity index (χ2v) is 9.04. The van der Waals surface area contributed by atoms with E-state index in [2.05, 4.69) is 5.32 Å². The molecule has 11 heteroatoms. The second kappa shape index (κ2) is 10.2. The fraction of sp³-hybridized carbons (Fsp3) is 0.400. The monoisotopic (exact) mass is 496 g/mol. The van der Waals surface area contributed by atoms with Crippen LogP contribution in [0.25, 0.3) is 0 Å². The summed E-state index contributed by atoms with van der Waals surface area (Å²) in [5.41, 5.74) is -0.388. The number of amides is 3. The molecule has 0 aliphatic carbocycles. The zero-order valence-corrected chi connectivity index (χ0v) is 20.2. The molecule has 36 heavy (non-hydrogen) atoms. The van der Waals surface area contributed by atoms with Crippen molar-refractivity contribution < 1.29 is 28.8 Å². The molecule has 0 bridgehead atoms. The number of ether oxygens (including phenoxy) is 2. The van der Waals surface area contributed by atoms with E-state index in [9.17, 15) is 24.5 Å². The van der Waals surface area contributed by atoms with Crippen LogP contribution in [0.15, 0.2) is 42.5 Å². The number of esters is 1. The van der Waals surface area contributed by atoms with Gasteiger partial charge in [0, 0.05) is 32.2 Å². The molecule has 1 spiro atoms. The third-order valence-corrected chi connectivity index (χ3v) is 7.04. The molecule has 190 valence electrons. The Morgan fingerprint density at radius 3 is 2.28 bits per heavy atom. The highest BCUT2D eigenvalue weighted by atomic mass is 16.6. The average Bonchev–Trinajstić information content (AvgIpc) is 3.31. The maximum Gasteiger partial charge on any atom is 0.345 e. The van der Waals surface area contributed by atoms with Gasteiger partial charge in [0.2, 0.25) is 0 Å². The first-order valence-electron chi connectivity index (χ1n) is 11.6. The normalized spacial score (nSPS) is 16.5. The van der Waals surface area contributed by atoms with Crippen molar-refractivity contribution in [1.82, 2.24) is 9.80 Å². The number of urea groups is 1. The summed E-state index contributed by atoms with van der Waals surface area (Å²) in [7, 11) is 2.67. The number of carbonyl (C=O) groups excluding carboxylic acids is 3. The van der Waals surface area contributed by atoms with Crippen LogP contribution in [0.1, 0.15) is 40.0 Å². The molecule has 0 saturated carbocycles. The van der Waals surface area contributed by atoms with Gasteiger partial charge in [-0.05, 0) is 42.9 Å². The van der Waals surface area contributed by atoms with Gasteiger partial charge >= 0.3 is 12.0 Å². The fourth-order valence-electron chi connectivity index (χ4n) is 5.00. The summed E-state index contributed by atoms with van der Waals surface area (Å²) >= 11 is 0. The molecular weight excluding hydrogens is 468 g/mol. The SMILES string of the molecule is COC(=O)c1c(C(=O)N2CCC3(CCN(C(=O)Nc4ccccc4OC)CC3)C2)cccc1[N+](=O)[O-]. The van der Waals surface area contributed by atoms with Gasteiger partial charge in [-0.3, -0.25) is 14.9 Å². The number of hydrogen-bond acceptors (Lipinski definition) is 7. The van der Waals surface area contributed by atoms with E-state index in [1.54, 1.807) is 29.0 Å². The summed E-state index contributed by atoms with van der Waals surface area (Å²) in [5.74, 6) is -0.780. The van der Waals surface area contributed by atoms with Gasteiger partial charge in [0.05, 0.1) is 30.4 Å². The van der Waals surface area contributed by atoms with Gasteiger partial charge in [-0.1, -0.05) is 18.2 Å². The summed E-state index contributed by atoms with van der Waals surface area (Å²) in [6.45, 7) is 1.99. The number of benzene rings is 2. The molecule has 1 N–H and O–H groups in total. The van der Waals surface area contributed by atoms with Crippen molar-refractivity contribution in [2.45, 2.75) is 19.3 Å². The van der Waals surface area contributed by atoms with Crippen LogP contribution < -0.4 is 10.1 Å². The molecule has 2 fully saturated rings. The molecule has 0 aromatic heterocycles. The van der Waals surface area contributed by atoms with E-state index >= 15 is 0 Å². The van der Waals surface area contributed by atoms with E-state index in [1.165, 1.54) is 18.2 Å². The van der Waals surface area contributed by atoms with Crippen molar-refractivity contribution in [2.75, 3.05) is 45.7 Å². The minimum atomic E-state index is -0.922. The lowest BCUT2D eigenvalue weighted by Gasteiger charge is -2.39. The zero-order chi connectivity index (χ0) is 25.9. The summed E-state index contributed by atoms with van der Waals surface area (Å²) in [5, 5.41) is 14.3. The Bertz CT molecular complexity index is 1190. The van der Waals surface area contributed by atoms with Crippen molar-refractivity contribution in [3.8, 4) is 5.75 Å². The Morgan fingerprint density at radius 1 is 0.972 bits per heavy atom. The number of rotatable bonds is 5. The van der Waals surface area contributed by atoms with Gasteiger partial charge in [-0.2, -0.15) is 0 Å². The van der Waals surface area contributed by atoms with E-state index in [-0.39, 0.29) is 22.6 Å². The van der Waals surface area contributed by atoms with Crippen LogP contribution in [-0.2, 0) is 4.74 Å². The van der Waals surface area contributed by atoms with Crippen LogP contribution >= 0.6 is 0 Å². The lowest BCUT2D eigenvalue weighted by molar-refractivity contribution is -0.385. The minimum absolute atomic E-state index is 0.0401. The summed E-state index contributed by atoms with van der Waals surface area (Å²) in [6, 6.07) is 11.0. The molecule has 2 aliphatic rings. The largest absolute Gasteiger partial charge is 0.495 e. The number of nitro benzene ring substituents is 1. The van der Waals surface area contributed by atoms with Crippen LogP contribution in [0.2, 0.25) is 0 Å². The van der Waals surface area contributed by atoms with Crippen LogP contribution in [0.4, 0.5) is 16.2 Å². The summed E-state index contributed by atoms with van der Waals surface area (Å²) in [6.07, 6.45) is 2.19. The molecule has 4 rings (SSSR count). The number of piperidine rings is 1. The minimum Gasteiger partial charge on any atom is -0.495 e. The topological polar surface area (TPSA) is 131 Å². The number of nitrogens with one attached hydrogen (secondary N) is 1. The molecule has 2 aromatic rings. The van der Waals surface area contributed by atoms with Gasteiger partial charge in [0.15, 0.2) is 0 Å². The lowest BCUT2D eigenvalue weighted by Crippen LogP contribution is -2.46. The number of para-hydroxylation sites is 2. The standard InChI is InChI=1S/C25H28N4O7/c1-35-20-9-4-3-7-18(20)26-24(32)27-13-10-25(11-14-27)12-15-28(16-25)22(30)17-6-5-8-19(29(33)34)21(17)23(31)36-2/h3-9H,10-16H2,1-2H3,(H,26,32). The highest BCUT2D eigenvalue weighted by Crippen LogP contribution is 2.41. The van der Waals surface area contributed by atoms with Gasteiger partial charge in [0.25, 0.3) is 11.6 Å². The number of nitrogens with zero attached hydrogens (tertiary/aromatic N) is 3. The van der Waals surface area contributed by atoms with E-state index in [0.717, 1.165) is 26.4 Å². The molecule has 2 saturated heterocycles. The van der Waals surface area contributed by atoms with E-state index < -0.39 is 22.5 Å². The van der Waals surface area contributed by atoms with Crippen molar-refractivity contribution in [3.05, 3.63) is 63.7 Å². The van der Waals surface area contributed by atoms with Crippen LogP contribution in [0, 0.1) is 15.5 Å². The zero-order valence-electron chi connectivity index (χ0n) is 20.2. The fourth-order valence-corrected chi connectivity index (χ4v) is 5.00. The highest BCUT2D eigenvalue weighted by molar-refractivity contribution is 6.08. The third kappa shape index (κ3) is 4.81. The molecule has 2 aliphatic heterocycles. The Balaban J connectivity index is 1.42. The van der Waals surface area contributed by atoms with Crippen LogP contribution in [0.3, 0.4) is 0 Å². The van der Waals surface area contributed by atoms with E-state index in [4.69, 9.17) is 9.47 Å². The highest BCUT2D eigenvalue weighted by Gasteiger charge is 2.44. The molecule has 0 unspecified atom stereocenters. The van der Waals surface area contributed by atoms with E-state index in [0.29, 0.717) is 37.6 Å². The molecule has 2 aromatic carbocycles. The first-order valence-corrected chi connectivity index (χ1v) is 11.6. The van der Waals surface area contributed by atoms with Crippen molar-refractivity contribution in [1.29, 1.82) is 0 Å². The van der Waals surface area contributed by atoms with Gasteiger partial charge in [-0.15, -0.1) is 0 Å². The van der Waals surface area contributed by atoms with Crippen LogP contribution in [0.5, 0.6) is 5.75 Å². The quantitative estimate of drug-likeness (QED) is 0.380. The number of methoxy groups -OCH3 is 2. The number of nitro groups is 1.